The number of rotatable bonds is 15. The van der Waals surface area contributed by atoms with E-state index < -0.39 is 5.97 Å². The van der Waals surface area contributed by atoms with Gasteiger partial charge in [0.1, 0.15) is 5.75 Å². The van der Waals surface area contributed by atoms with E-state index in [1.807, 2.05) is 0 Å². The van der Waals surface area contributed by atoms with Gasteiger partial charge in [-0.05, 0) is 55.9 Å². The number of nitrogens with one attached hydrogen (secondary N) is 1. The van der Waals surface area contributed by atoms with Crippen LogP contribution in [0.3, 0.4) is 0 Å². The van der Waals surface area contributed by atoms with Gasteiger partial charge in [-0.2, -0.15) is 0 Å². The van der Waals surface area contributed by atoms with Crippen LogP contribution in [0.2, 0.25) is 0 Å². The van der Waals surface area contributed by atoms with Crippen molar-refractivity contribution in [1.29, 1.82) is 0 Å². The molecule has 1 fully saturated rings. The minimum absolute atomic E-state index is 0.136. The van der Waals surface area contributed by atoms with Crippen LogP contribution in [0.25, 0.3) is 0 Å². The predicted molar refractivity (Wildman–Crippen MR) is 140 cm³/mol. The number of carbonyl (C=O) groups excluding carboxylic acids is 1. The number of aromatic hydroxyl groups is 1. The van der Waals surface area contributed by atoms with Crippen LogP contribution in [-0.2, 0) is 4.84 Å². The van der Waals surface area contributed by atoms with Gasteiger partial charge in [-0.15, -0.1) is 5.48 Å². The van der Waals surface area contributed by atoms with Crippen LogP contribution in [0.5, 0.6) is 5.75 Å². The van der Waals surface area contributed by atoms with Gasteiger partial charge in [0.15, 0.2) is 0 Å². The largest absolute Gasteiger partial charge is 0.508 e. The number of benzene rings is 1. The molecule has 0 aromatic heterocycles. The summed E-state index contributed by atoms with van der Waals surface area (Å²) in [7, 11) is 0. The van der Waals surface area contributed by atoms with Crippen LogP contribution < -0.4 is 5.48 Å². The summed E-state index contributed by atoms with van der Waals surface area (Å²) in [5.74, 6) is 1.11. The van der Waals surface area contributed by atoms with E-state index in [0.717, 1.165) is 32.8 Å². The molecule has 1 aromatic rings. The summed E-state index contributed by atoms with van der Waals surface area (Å²) >= 11 is 0. The molecular weight excluding hydrogens is 426 g/mol. The molecule has 1 aliphatic rings. The van der Waals surface area contributed by atoms with E-state index in [1.165, 1.54) is 63.5 Å². The Morgan fingerprint density at radius 2 is 1.47 bits per heavy atom. The number of unbranched alkanes of at least 4 members (excludes halogenated alkanes) is 2. The summed E-state index contributed by atoms with van der Waals surface area (Å²) in [5.41, 5.74) is 3.22. The highest BCUT2D eigenvalue weighted by molar-refractivity contribution is 5.89. The zero-order chi connectivity index (χ0) is 25.0. The lowest BCUT2D eigenvalue weighted by atomic mass is 9.93. The summed E-state index contributed by atoms with van der Waals surface area (Å²) in [6.45, 7) is 16.1. The van der Waals surface area contributed by atoms with Crippen LogP contribution in [0, 0.1) is 11.8 Å². The average molecular weight is 476 g/mol. The molecule has 2 N–H and O–H groups in total. The topological polar surface area (TPSA) is 65.0 Å². The molecule has 1 heterocycles. The Bertz CT molecular complexity index is 683. The van der Waals surface area contributed by atoms with Crippen LogP contribution in [0.4, 0.5) is 0 Å². The maximum absolute atomic E-state index is 12.6. The van der Waals surface area contributed by atoms with Crippen molar-refractivity contribution in [2.45, 2.75) is 91.5 Å². The fourth-order valence-electron chi connectivity index (χ4n) is 5.12. The van der Waals surface area contributed by atoms with Gasteiger partial charge in [0.2, 0.25) is 0 Å². The number of hydroxylamine groups is 1. The maximum atomic E-state index is 12.6. The first-order valence-electron chi connectivity index (χ1n) is 13.5. The summed E-state index contributed by atoms with van der Waals surface area (Å²) in [4.78, 5) is 23.3. The van der Waals surface area contributed by atoms with Crippen molar-refractivity contribution in [3.05, 3.63) is 29.8 Å². The molecule has 1 aliphatic heterocycles. The smallest absolute Gasteiger partial charge is 0.356 e. The molecule has 0 spiro atoms. The Morgan fingerprint density at radius 3 is 1.91 bits per heavy atom. The molecule has 0 radical (unpaired) electrons. The lowest BCUT2D eigenvalue weighted by molar-refractivity contribution is -0.0582. The number of carbonyl (C=O) groups is 1. The quantitative estimate of drug-likeness (QED) is 0.312. The number of nitrogens with zero attached hydrogens (tertiary/aromatic N) is 2. The fraction of sp³-hybridized carbons (Fsp3) is 0.750. The predicted octanol–water partition coefficient (Wildman–Crippen LogP) is 5.82. The second-order valence-corrected chi connectivity index (χ2v) is 10.6. The van der Waals surface area contributed by atoms with Gasteiger partial charge in [-0.25, -0.2) is 4.79 Å². The minimum atomic E-state index is -0.423. The van der Waals surface area contributed by atoms with Crippen molar-refractivity contribution in [3.63, 3.8) is 0 Å². The molecule has 2 unspecified atom stereocenters. The summed E-state index contributed by atoms with van der Waals surface area (Å²) in [6, 6.07) is 6.18. The zero-order valence-electron chi connectivity index (χ0n) is 22.3. The van der Waals surface area contributed by atoms with Crippen LogP contribution in [0.1, 0.15) is 96.3 Å². The second kappa shape index (κ2) is 14.7. The van der Waals surface area contributed by atoms with E-state index in [4.69, 9.17) is 4.84 Å². The lowest BCUT2D eigenvalue weighted by Crippen LogP contribution is -2.65. The number of phenolic OH excluding ortho intramolecular Hbond substituents is 1. The molecule has 1 aromatic carbocycles. The van der Waals surface area contributed by atoms with Gasteiger partial charge in [0, 0.05) is 26.2 Å². The van der Waals surface area contributed by atoms with Crippen molar-refractivity contribution in [1.82, 2.24) is 15.3 Å². The molecule has 0 aliphatic carbocycles. The molecule has 34 heavy (non-hydrogen) atoms. The van der Waals surface area contributed by atoms with Crippen LogP contribution in [0.15, 0.2) is 24.3 Å². The Labute approximate surface area is 208 Å². The Hall–Kier alpha value is -1.63. The summed E-state index contributed by atoms with van der Waals surface area (Å²) in [6.07, 6.45) is 10.00. The Balaban J connectivity index is 2.08. The van der Waals surface area contributed by atoms with E-state index in [1.54, 1.807) is 12.1 Å². The van der Waals surface area contributed by atoms with E-state index >= 15 is 0 Å². The Kier molecular flexibility index (Phi) is 12.4. The van der Waals surface area contributed by atoms with Crippen LogP contribution >= 0.6 is 0 Å². The standard InChI is InChI=1S/C28H49N3O3/c1-6-10-12-23(8-3)18-30-20-28(5,21-31(22-30)19-24(9-4)13-11-7-2)29-34-27(33)25-14-16-26(32)17-15-25/h14-17,23-24,29,32H,6-13,18-22H2,1-5H3. The minimum Gasteiger partial charge on any atom is -0.508 e. The third-order valence-electron chi connectivity index (χ3n) is 7.16. The molecule has 0 bridgehead atoms. The maximum Gasteiger partial charge on any atom is 0.356 e. The van der Waals surface area contributed by atoms with Gasteiger partial charge >= 0.3 is 5.97 Å². The summed E-state index contributed by atoms with van der Waals surface area (Å²) < 4.78 is 0. The van der Waals surface area contributed by atoms with Gasteiger partial charge in [-0.3, -0.25) is 9.80 Å². The molecule has 0 saturated carbocycles. The van der Waals surface area contributed by atoms with Gasteiger partial charge in [-0.1, -0.05) is 66.2 Å². The molecule has 2 rings (SSSR count). The van der Waals surface area contributed by atoms with Gasteiger partial charge < -0.3 is 9.94 Å². The summed E-state index contributed by atoms with van der Waals surface area (Å²) in [5, 5.41) is 9.49. The third kappa shape index (κ3) is 9.55. The molecule has 1 saturated heterocycles. The first kappa shape index (κ1) is 28.6. The van der Waals surface area contributed by atoms with Crippen molar-refractivity contribution in [2.75, 3.05) is 32.8 Å². The van der Waals surface area contributed by atoms with E-state index in [2.05, 4.69) is 49.9 Å². The molecule has 6 heteroatoms. The van der Waals surface area contributed by atoms with Crippen molar-refractivity contribution in [2.24, 2.45) is 11.8 Å². The normalized spacial score (nSPS) is 21.3. The van der Waals surface area contributed by atoms with Crippen molar-refractivity contribution < 1.29 is 14.7 Å². The van der Waals surface area contributed by atoms with Crippen molar-refractivity contribution in [3.8, 4) is 5.75 Å². The zero-order valence-corrected chi connectivity index (χ0v) is 22.3. The third-order valence-corrected chi connectivity index (χ3v) is 7.16. The highest BCUT2D eigenvalue weighted by Crippen LogP contribution is 2.24. The average Bonchev–Trinajstić information content (AvgIpc) is 2.83. The SMILES string of the molecule is CCCCC(CC)CN1CN(CC(CC)CCCC)CC(C)(NOC(=O)c2ccc(O)cc2)C1. The number of hydrogen-bond donors (Lipinski definition) is 2. The monoisotopic (exact) mass is 475 g/mol. The van der Waals surface area contributed by atoms with E-state index in [9.17, 15) is 9.90 Å². The molecule has 0 amide bonds. The molecule has 194 valence electrons. The van der Waals surface area contributed by atoms with Crippen molar-refractivity contribution >= 4 is 5.97 Å². The van der Waals surface area contributed by atoms with E-state index in [-0.39, 0.29) is 11.3 Å². The molecule has 6 nitrogen and oxygen atoms in total. The fourth-order valence-corrected chi connectivity index (χ4v) is 5.12. The number of hydrogen-bond acceptors (Lipinski definition) is 6. The second-order valence-electron chi connectivity index (χ2n) is 10.6. The molecular formula is C28H49N3O3. The molecule has 2 atom stereocenters. The highest BCUT2D eigenvalue weighted by atomic mass is 16.7. The van der Waals surface area contributed by atoms with E-state index in [0.29, 0.717) is 17.4 Å². The number of phenols is 1. The highest BCUT2D eigenvalue weighted by Gasteiger charge is 2.37. The van der Waals surface area contributed by atoms with Crippen LogP contribution in [-0.4, -0.2) is 59.3 Å². The first-order chi connectivity index (χ1) is 16.3. The van der Waals surface area contributed by atoms with Gasteiger partial charge in [0.05, 0.1) is 17.8 Å². The lowest BCUT2D eigenvalue weighted by Gasteiger charge is -2.47. The van der Waals surface area contributed by atoms with Gasteiger partial charge in [0.25, 0.3) is 0 Å². The Morgan fingerprint density at radius 1 is 0.971 bits per heavy atom. The first-order valence-corrected chi connectivity index (χ1v) is 13.5.